The first kappa shape index (κ1) is 32.7. The van der Waals surface area contributed by atoms with Gasteiger partial charge in [-0.05, 0) is 44.1 Å². The van der Waals surface area contributed by atoms with Crippen molar-refractivity contribution in [1.29, 1.82) is 0 Å². The molecule has 3 aliphatic carbocycles. The number of carboxylic acids is 1. The van der Waals surface area contributed by atoms with Gasteiger partial charge in [-0.25, -0.2) is 19.2 Å². The number of ketones is 1. The van der Waals surface area contributed by atoms with E-state index in [9.17, 15) is 39.0 Å². The lowest BCUT2D eigenvalue weighted by Crippen LogP contribution is -2.79. The Kier molecular flexibility index (Phi) is 8.00. The summed E-state index contributed by atoms with van der Waals surface area (Å²) in [6.07, 6.45) is -6.37. The van der Waals surface area contributed by atoms with E-state index in [4.69, 9.17) is 34.5 Å². The van der Waals surface area contributed by atoms with Crippen molar-refractivity contribution in [3.63, 3.8) is 0 Å². The summed E-state index contributed by atoms with van der Waals surface area (Å²) in [5.74, 6) is -9.53. The maximum atomic E-state index is 13.6. The van der Waals surface area contributed by atoms with Crippen molar-refractivity contribution in [2.45, 2.75) is 83.0 Å². The quantitative estimate of drug-likeness (QED) is 0.154. The predicted molar refractivity (Wildman–Crippen MR) is 146 cm³/mol. The van der Waals surface area contributed by atoms with Crippen molar-refractivity contribution in [1.82, 2.24) is 0 Å². The molecule has 2 heterocycles. The molecule has 5 aliphatic rings. The van der Waals surface area contributed by atoms with Gasteiger partial charge in [-0.15, -0.1) is 0 Å². The first-order valence-electron chi connectivity index (χ1n) is 14.5. The molecular weight excluding hydrogens is 598 g/mol. The lowest BCUT2D eigenvalue weighted by molar-refractivity contribution is -0.290. The Morgan fingerprint density at radius 2 is 1.82 bits per heavy atom. The highest BCUT2D eigenvalue weighted by atomic mass is 16.6. The summed E-state index contributed by atoms with van der Waals surface area (Å²) in [6.45, 7) is 6.20. The van der Waals surface area contributed by atoms with Gasteiger partial charge in [0.2, 0.25) is 11.7 Å². The molecule has 0 radical (unpaired) electrons. The Balaban J connectivity index is 1.64. The summed E-state index contributed by atoms with van der Waals surface area (Å²) < 4.78 is 27.9. The van der Waals surface area contributed by atoms with Crippen molar-refractivity contribution in [2.24, 2.45) is 34.3 Å². The highest BCUT2D eigenvalue weighted by Gasteiger charge is 2.85. The van der Waals surface area contributed by atoms with Crippen molar-refractivity contribution < 1.29 is 67.8 Å². The minimum absolute atomic E-state index is 0.0225. The fourth-order valence-electron chi connectivity index (χ4n) is 8.83. The summed E-state index contributed by atoms with van der Waals surface area (Å²) >= 11 is 0. The third-order valence-electron chi connectivity index (χ3n) is 10.4. The molecule has 1 spiro atoms. The molecule has 5 rings (SSSR count). The Morgan fingerprint density at radius 3 is 2.42 bits per heavy atom. The number of hydrogen-bond donors (Lipinski definition) is 4. The van der Waals surface area contributed by atoms with Gasteiger partial charge in [-0.1, -0.05) is 12.5 Å². The molecule has 1 unspecified atom stereocenters. The Morgan fingerprint density at radius 1 is 1.16 bits per heavy atom. The van der Waals surface area contributed by atoms with Crippen LogP contribution in [-0.4, -0.2) is 101 Å². The van der Waals surface area contributed by atoms with E-state index in [0.29, 0.717) is 5.57 Å². The van der Waals surface area contributed by atoms with Crippen LogP contribution >= 0.6 is 0 Å². The number of aliphatic carboxylic acids is 1. The van der Waals surface area contributed by atoms with E-state index in [1.165, 1.54) is 6.92 Å². The van der Waals surface area contributed by atoms with Gasteiger partial charge in [0, 0.05) is 23.8 Å². The van der Waals surface area contributed by atoms with Gasteiger partial charge in [-0.2, -0.15) is 0 Å². The molecule has 2 aliphatic heterocycles. The molecule has 4 fully saturated rings. The molecule has 0 aromatic heterocycles. The van der Waals surface area contributed by atoms with Crippen LogP contribution in [0.15, 0.2) is 23.0 Å². The fourth-order valence-corrected chi connectivity index (χ4v) is 8.83. The first-order valence-corrected chi connectivity index (χ1v) is 14.5. The van der Waals surface area contributed by atoms with Gasteiger partial charge in [0.1, 0.15) is 18.2 Å². The molecule has 2 saturated heterocycles. The number of fused-ring (bicyclic) bond motifs is 2. The summed E-state index contributed by atoms with van der Waals surface area (Å²) in [5, 5.41) is 32.5. The number of esters is 4. The zero-order chi connectivity index (χ0) is 33.4. The molecule has 0 aromatic rings. The number of rotatable bonds is 7. The molecule has 15 heteroatoms. The molecule has 15 nitrogen and oxygen atoms in total. The van der Waals surface area contributed by atoms with Crippen LogP contribution in [-0.2, 0) is 52.5 Å². The molecule has 0 amide bonds. The summed E-state index contributed by atoms with van der Waals surface area (Å²) in [6, 6.07) is -1.54. The largest absolute Gasteiger partial charge is 0.481 e. The highest BCUT2D eigenvalue weighted by molar-refractivity contribution is 5.99. The Bertz CT molecular complexity index is 1430. The predicted octanol–water partition coefficient (Wildman–Crippen LogP) is -0.696. The van der Waals surface area contributed by atoms with Crippen LogP contribution < -0.4 is 5.73 Å². The van der Waals surface area contributed by atoms with Crippen molar-refractivity contribution >= 4 is 35.6 Å². The molecular formula is C30H37NO14. The van der Waals surface area contributed by atoms with E-state index in [0.717, 1.165) is 13.2 Å². The summed E-state index contributed by atoms with van der Waals surface area (Å²) in [4.78, 5) is 77.1. The minimum atomic E-state index is -2.31. The SMILES string of the molecule is COC(=O)[C@@]12OC[C@]34C([C@@H](O)[C@@H]1O)[C@@]1(C)CC(=O)C(OC(=O)[C@@H](N)CC(=O)O)=C(C)[C@@H]1C[C@H]3OC(=O)[C@H](OC(=O)C=C(C)C)[C@@H]24. The third kappa shape index (κ3) is 4.54. The highest BCUT2D eigenvalue weighted by Crippen LogP contribution is 2.72. The van der Waals surface area contributed by atoms with Crippen LogP contribution in [0.3, 0.4) is 0 Å². The number of aliphatic hydroxyl groups excluding tert-OH is 2. The van der Waals surface area contributed by atoms with Gasteiger partial charge in [0.05, 0.1) is 32.2 Å². The van der Waals surface area contributed by atoms with E-state index in [-0.39, 0.29) is 30.8 Å². The van der Waals surface area contributed by atoms with E-state index in [1.54, 1.807) is 20.8 Å². The number of allylic oxidation sites excluding steroid dienone is 3. The molecule has 45 heavy (non-hydrogen) atoms. The lowest BCUT2D eigenvalue weighted by Gasteiger charge is -2.67. The number of methoxy groups -OCH3 is 1. The number of nitrogens with two attached hydrogens (primary N) is 1. The van der Waals surface area contributed by atoms with Crippen LogP contribution in [0.2, 0.25) is 0 Å². The molecule has 11 atom stereocenters. The van der Waals surface area contributed by atoms with E-state index < -0.39 is 107 Å². The van der Waals surface area contributed by atoms with Crippen molar-refractivity contribution in [3.05, 3.63) is 23.0 Å². The molecule has 2 saturated carbocycles. The smallest absolute Gasteiger partial charge is 0.348 e. The monoisotopic (exact) mass is 635 g/mol. The van der Waals surface area contributed by atoms with E-state index in [1.807, 2.05) is 0 Å². The van der Waals surface area contributed by atoms with E-state index >= 15 is 0 Å². The van der Waals surface area contributed by atoms with Gasteiger partial charge in [-0.3, -0.25) is 9.59 Å². The first-order chi connectivity index (χ1) is 21.0. The van der Waals surface area contributed by atoms with Crippen LogP contribution in [0, 0.1) is 28.6 Å². The standard InChI is InChI=1S/C30H37NO14/c1-11(2)6-18(35)44-21-23-29-10-42-30(23,27(40)41-5)24(37)19(36)22(29)28(4)9-15(32)20(45-25(38)14(31)8-17(33)34)12(3)13(28)7-16(29)43-26(21)39/h6,13-14,16,19,21-24,36-37H,7-10,31H2,1-5H3,(H,33,34)/t13-,14-,16+,19+,21+,22?,23+,24-,28-,29+,30-/m0/s1. The number of aliphatic hydroxyl groups is 2. The van der Waals surface area contributed by atoms with Crippen LogP contribution in [0.1, 0.15) is 47.0 Å². The number of ether oxygens (including phenoxy) is 5. The van der Waals surface area contributed by atoms with Crippen molar-refractivity contribution in [2.75, 3.05) is 13.7 Å². The Labute approximate surface area is 257 Å². The average Bonchev–Trinajstić information content (AvgIpc) is 3.25. The van der Waals surface area contributed by atoms with Gasteiger partial charge in [0.15, 0.2) is 11.5 Å². The number of hydrogen-bond acceptors (Lipinski definition) is 14. The zero-order valence-electron chi connectivity index (χ0n) is 25.4. The number of carbonyl (C=O) groups is 6. The minimum Gasteiger partial charge on any atom is -0.481 e. The average molecular weight is 636 g/mol. The zero-order valence-corrected chi connectivity index (χ0v) is 25.4. The third-order valence-corrected chi connectivity index (χ3v) is 10.4. The van der Waals surface area contributed by atoms with Crippen LogP contribution in [0.5, 0.6) is 0 Å². The number of carbonyl (C=O) groups excluding carboxylic acids is 5. The summed E-state index contributed by atoms with van der Waals surface area (Å²) in [7, 11) is 1.05. The summed E-state index contributed by atoms with van der Waals surface area (Å²) in [5.41, 5.74) is 1.55. The fraction of sp³-hybridized carbons (Fsp3) is 0.667. The maximum absolute atomic E-state index is 13.6. The normalized spacial score (nSPS) is 40.3. The number of Topliss-reactive ketones (excluding diaryl/α,β-unsaturated/α-hetero) is 1. The van der Waals surface area contributed by atoms with Crippen molar-refractivity contribution in [3.8, 4) is 0 Å². The van der Waals surface area contributed by atoms with Gasteiger partial charge < -0.3 is 44.7 Å². The molecule has 2 bridgehead atoms. The molecule has 246 valence electrons. The number of carboxylic acid groups (broad SMARTS) is 1. The van der Waals surface area contributed by atoms with Gasteiger partial charge in [0.25, 0.3) is 0 Å². The topological polar surface area (TPSA) is 235 Å². The van der Waals surface area contributed by atoms with Crippen LogP contribution in [0.4, 0.5) is 0 Å². The van der Waals surface area contributed by atoms with Crippen LogP contribution in [0.25, 0.3) is 0 Å². The second kappa shape index (κ2) is 11.0. The van der Waals surface area contributed by atoms with E-state index in [2.05, 4.69) is 0 Å². The second-order valence-electron chi connectivity index (χ2n) is 13.1. The maximum Gasteiger partial charge on any atom is 0.348 e. The molecule has 5 N–H and O–H groups in total. The second-order valence-corrected chi connectivity index (χ2v) is 13.1. The molecule has 0 aromatic carbocycles. The lowest BCUT2D eigenvalue weighted by atomic mass is 9.38. The Hall–Kier alpha value is -3.66. The van der Waals surface area contributed by atoms with Gasteiger partial charge >= 0.3 is 29.8 Å².